The van der Waals surface area contributed by atoms with Crippen LogP contribution < -0.4 is 9.46 Å². The second-order valence-corrected chi connectivity index (χ2v) is 7.10. The maximum atomic E-state index is 12.0. The monoisotopic (exact) mass is 333 g/mol. The van der Waals surface area contributed by atoms with E-state index in [9.17, 15) is 13.2 Å². The first-order chi connectivity index (χ1) is 10.9. The highest BCUT2D eigenvalue weighted by molar-refractivity contribution is 7.88. The van der Waals surface area contributed by atoms with Crippen LogP contribution in [0, 0.1) is 13.8 Å². The molecule has 0 amide bonds. The summed E-state index contributed by atoms with van der Waals surface area (Å²) in [6.07, 6.45) is 0. The average molecular weight is 333 g/mol. The second kappa shape index (κ2) is 7.39. The summed E-state index contributed by atoms with van der Waals surface area (Å²) in [6, 6.07) is 14.2. The van der Waals surface area contributed by atoms with E-state index < -0.39 is 22.5 Å². The number of aryl methyl sites for hydroxylation is 2. The normalized spacial score (nSPS) is 11.2. The Kier molecular flexibility index (Phi) is 5.52. The fraction of sp³-hybridized carbons (Fsp3) is 0.235. The van der Waals surface area contributed by atoms with Gasteiger partial charge < -0.3 is 4.74 Å². The first-order valence-electron chi connectivity index (χ1n) is 7.15. The lowest BCUT2D eigenvalue weighted by atomic mass is 10.1. The van der Waals surface area contributed by atoms with Gasteiger partial charge in [-0.05, 0) is 37.1 Å². The molecule has 0 radical (unpaired) electrons. The molecule has 0 atom stereocenters. The molecule has 1 N–H and O–H groups in total. The van der Waals surface area contributed by atoms with Crippen LogP contribution in [-0.4, -0.2) is 20.9 Å². The molecule has 5 nitrogen and oxygen atoms in total. The molecule has 0 aromatic heterocycles. The van der Waals surface area contributed by atoms with Crippen molar-refractivity contribution >= 4 is 16.0 Å². The minimum atomic E-state index is -3.60. The van der Waals surface area contributed by atoms with Gasteiger partial charge in [0.1, 0.15) is 12.3 Å². The molecule has 0 fully saturated rings. The number of carbonyl (C=O) groups excluding carboxylic acids is 1. The van der Waals surface area contributed by atoms with Gasteiger partial charge in [0.15, 0.2) is 0 Å². The van der Waals surface area contributed by atoms with E-state index in [1.165, 1.54) is 0 Å². The molecule has 0 aliphatic carbocycles. The van der Waals surface area contributed by atoms with Crippen LogP contribution in [0.4, 0.5) is 0 Å². The molecule has 0 saturated heterocycles. The van der Waals surface area contributed by atoms with E-state index in [1.807, 2.05) is 38.1 Å². The van der Waals surface area contributed by atoms with Crippen molar-refractivity contribution < 1.29 is 17.9 Å². The predicted octanol–water partition coefficient (Wildman–Crippen LogP) is 2.33. The molecule has 0 saturated carbocycles. The number of sulfonamides is 1. The molecule has 0 unspecified atom stereocenters. The van der Waals surface area contributed by atoms with Crippen LogP contribution in [0.2, 0.25) is 0 Å². The van der Waals surface area contributed by atoms with Gasteiger partial charge in [-0.1, -0.05) is 42.0 Å². The number of esters is 1. The summed E-state index contributed by atoms with van der Waals surface area (Å²) >= 11 is 0. The summed E-state index contributed by atoms with van der Waals surface area (Å²) in [4.78, 5) is 11.7. The number of hydrogen-bond acceptors (Lipinski definition) is 4. The number of nitrogens with one attached hydrogen (secondary N) is 1. The Labute approximate surface area is 136 Å². The fourth-order valence-electron chi connectivity index (χ4n) is 1.97. The van der Waals surface area contributed by atoms with Gasteiger partial charge in [0.05, 0.1) is 5.75 Å². The summed E-state index contributed by atoms with van der Waals surface area (Å²) in [7, 11) is -3.60. The van der Waals surface area contributed by atoms with Crippen molar-refractivity contribution in [2.24, 2.45) is 0 Å². The van der Waals surface area contributed by atoms with Gasteiger partial charge in [0.25, 0.3) is 0 Å². The molecule has 2 aromatic carbocycles. The Balaban J connectivity index is 1.90. The highest BCUT2D eigenvalue weighted by Gasteiger charge is 2.15. The summed E-state index contributed by atoms with van der Waals surface area (Å²) < 4.78 is 31.4. The first kappa shape index (κ1) is 17.2. The number of benzene rings is 2. The Morgan fingerprint density at radius 1 is 1.04 bits per heavy atom. The standard InChI is InChI=1S/C17H19NO4S/c1-13-7-9-16(10-8-13)22-17(19)11-18-23(20,21)12-15-6-4-3-5-14(15)2/h3-10,18H,11-12H2,1-2H3. The van der Waals surface area contributed by atoms with Gasteiger partial charge in [0, 0.05) is 0 Å². The molecule has 0 heterocycles. The summed E-state index contributed by atoms with van der Waals surface area (Å²) in [5, 5.41) is 0. The van der Waals surface area contributed by atoms with Crippen LogP contribution >= 0.6 is 0 Å². The van der Waals surface area contributed by atoms with Crippen molar-refractivity contribution in [3.63, 3.8) is 0 Å². The third-order valence-electron chi connectivity index (χ3n) is 3.30. The zero-order valence-electron chi connectivity index (χ0n) is 13.1. The Hall–Kier alpha value is -2.18. The number of rotatable bonds is 6. The topological polar surface area (TPSA) is 72.5 Å². The molecule has 2 rings (SSSR count). The quantitative estimate of drug-likeness (QED) is 0.650. The van der Waals surface area contributed by atoms with Gasteiger partial charge in [-0.3, -0.25) is 4.79 Å². The highest BCUT2D eigenvalue weighted by atomic mass is 32.2. The fourth-order valence-corrected chi connectivity index (χ4v) is 3.14. The van der Waals surface area contributed by atoms with Gasteiger partial charge >= 0.3 is 5.97 Å². The second-order valence-electron chi connectivity index (χ2n) is 5.29. The zero-order chi connectivity index (χ0) is 16.9. The molecule has 122 valence electrons. The van der Waals surface area contributed by atoms with Crippen LogP contribution in [0.3, 0.4) is 0 Å². The number of hydrogen-bond donors (Lipinski definition) is 1. The van der Waals surface area contributed by atoms with Crippen LogP contribution in [0.15, 0.2) is 48.5 Å². The predicted molar refractivity (Wildman–Crippen MR) is 88.6 cm³/mol. The van der Waals surface area contributed by atoms with Crippen molar-refractivity contribution in [1.29, 1.82) is 0 Å². The van der Waals surface area contributed by atoms with Crippen molar-refractivity contribution in [3.05, 3.63) is 65.2 Å². The molecule has 0 spiro atoms. The van der Waals surface area contributed by atoms with Crippen LogP contribution in [-0.2, 0) is 20.6 Å². The van der Waals surface area contributed by atoms with E-state index in [2.05, 4.69) is 4.72 Å². The zero-order valence-corrected chi connectivity index (χ0v) is 13.9. The van der Waals surface area contributed by atoms with E-state index >= 15 is 0 Å². The Morgan fingerprint density at radius 3 is 2.35 bits per heavy atom. The van der Waals surface area contributed by atoms with Crippen molar-refractivity contribution in [1.82, 2.24) is 4.72 Å². The van der Waals surface area contributed by atoms with E-state index in [0.717, 1.165) is 11.1 Å². The third-order valence-corrected chi connectivity index (χ3v) is 4.57. The third kappa shape index (κ3) is 5.50. The lowest BCUT2D eigenvalue weighted by Crippen LogP contribution is -2.32. The molecule has 2 aromatic rings. The SMILES string of the molecule is Cc1ccc(OC(=O)CNS(=O)(=O)Cc2ccccc2C)cc1. The maximum absolute atomic E-state index is 12.0. The van der Waals surface area contributed by atoms with Gasteiger partial charge in [-0.25, -0.2) is 13.1 Å². The van der Waals surface area contributed by atoms with E-state index in [-0.39, 0.29) is 5.75 Å². The smallest absolute Gasteiger partial charge is 0.326 e. The molecule has 23 heavy (non-hydrogen) atoms. The van der Waals surface area contributed by atoms with Gasteiger partial charge in [-0.2, -0.15) is 0 Å². The molecule has 0 aliphatic heterocycles. The summed E-state index contributed by atoms with van der Waals surface area (Å²) in [5.74, 6) is -0.432. The van der Waals surface area contributed by atoms with Crippen LogP contribution in [0.1, 0.15) is 16.7 Å². The number of ether oxygens (including phenoxy) is 1. The Morgan fingerprint density at radius 2 is 1.70 bits per heavy atom. The van der Waals surface area contributed by atoms with Crippen molar-refractivity contribution in [3.8, 4) is 5.75 Å². The average Bonchev–Trinajstić information content (AvgIpc) is 2.50. The van der Waals surface area contributed by atoms with E-state index in [0.29, 0.717) is 11.3 Å². The molecular formula is C17H19NO4S. The lowest BCUT2D eigenvalue weighted by Gasteiger charge is -2.09. The number of carbonyl (C=O) groups is 1. The highest BCUT2D eigenvalue weighted by Crippen LogP contribution is 2.12. The maximum Gasteiger partial charge on any atom is 0.326 e. The van der Waals surface area contributed by atoms with Crippen LogP contribution in [0.5, 0.6) is 5.75 Å². The minimum absolute atomic E-state index is 0.169. The Bertz CT molecular complexity index is 782. The molecule has 0 bridgehead atoms. The van der Waals surface area contributed by atoms with Gasteiger partial charge in [-0.15, -0.1) is 0 Å². The molecule has 0 aliphatic rings. The van der Waals surface area contributed by atoms with E-state index in [4.69, 9.17) is 4.74 Å². The van der Waals surface area contributed by atoms with Crippen molar-refractivity contribution in [2.75, 3.05) is 6.54 Å². The van der Waals surface area contributed by atoms with Gasteiger partial charge in [0.2, 0.25) is 10.0 Å². The van der Waals surface area contributed by atoms with Crippen LogP contribution in [0.25, 0.3) is 0 Å². The van der Waals surface area contributed by atoms with Crippen molar-refractivity contribution in [2.45, 2.75) is 19.6 Å². The first-order valence-corrected chi connectivity index (χ1v) is 8.80. The summed E-state index contributed by atoms with van der Waals surface area (Å²) in [6.45, 7) is 3.36. The largest absolute Gasteiger partial charge is 0.426 e. The molecule has 6 heteroatoms. The summed E-state index contributed by atoms with van der Waals surface area (Å²) in [5.41, 5.74) is 2.63. The lowest BCUT2D eigenvalue weighted by molar-refractivity contribution is -0.133. The molecular weight excluding hydrogens is 314 g/mol. The van der Waals surface area contributed by atoms with E-state index in [1.54, 1.807) is 24.3 Å². The minimum Gasteiger partial charge on any atom is -0.426 e.